The van der Waals surface area contributed by atoms with E-state index in [1.165, 1.54) is 0 Å². The van der Waals surface area contributed by atoms with Crippen molar-refractivity contribution >= 4 is 19.7 Å². The van der Waals surface area contributed by atoms with Crippen molar-refractivity contribution in [2.45, 2.75) is 40.0 Å². The average Bonchev–Trinajstić information content (AvgIpc) is 2.22. The summed E-state index contributed by atoms with van der Waals surface area (Å²) in [6.45, 7) is 8.72. The lowest BCUT2D eigenvalue weighted by molar-refractivity contribution is -0.0316. The Morgan fingerprint density at radius 3 is 2.32 bits per heavy atom. The first kappa shape index (κ1) is 17.2. The lowest BCUT2D eigenvalue weighted by atomic mass is 9.83. The number of hydrogen-bond acceptors (Lipinski definition) is 4. The van der Waals surface area contributed by atoms with E-state index >= 15 is 0 Å². The minimum atomic E-state index is -3.51. The van der Waals surface area contributed by atoms with Crippen LogP contribution in [0.15, 0.2) is 0 Å². The lowest BCUT2D eigenvalue weighted by Crippen LogP contribution is -2.39. The first-order valence-electron chi connectivity index (χ1n) is 6.70. The van der Waals surface area contributed by atoms with Crippen LogP contribution in [0.1, 0.15) is 40.0 Å². The van der Waals surface area contributed by atoms with Crippen LogP contribution in [0.4, 0.5) is 0 Å². The van der Waals surface area contributed by atoms with Crippen LogP contribution >= 0.6 is 10.7 Å². The zero-order valence-corrected chi connectivity index (χ0v) is 13.6. The van der Waals surface area contributed by atoms with E-state index in [1.807, 2.05) is 0 Å². The summed E-state index contributed by atoms with van der Waals surface area (Å²) in [5, 5.41) is 0. The molecule has 1 saturated heterocycles. The molecule has 0 amide bonds. The Balaban J connectivity index is 2.51. The molecule has 0 saturated carbocycles. The molecule has 0 unspecified atom stereocenters. The predicted molar refractivity (Wildman–Crippen MR) is 77.0 cm³/mol. The Morgan fingerprint density at radius 2 is 1.84 bits per heavy atom. The monoisotopic (exact) mass is 312 g/mol. The van der Waals surface area contributed by atoms with Gasteiger partial charge >= 0.3 is 0 Å². The Bertz CT molecular complexity index is 367. The number of hydrogen-bond donors (Lipinski definition) is 0. The molecule has 0 aliphatic carbocycles. The van der Waals surface area contributed by atoms with E-state index in [0.29, 0.717) is 39.3 Å². The van der Waals surface area contributed by atoms with Crippen LogP contribution in [-0.4, -0.2) is 40.6 Å². The van der Waals surface area contributed by atoms with E-state index in [-0.39, 0.29) is 16.6 Å². The Kier molecular flexibility index (Phi) is 6.11. The standard InChI is InChI=1S/C13H25ClO4S/c1-12(2,3)4-7-18-10-13(11-19(14,15)16)5-8-17-9-6-13/h4-11H2,1-3H3. The van der Waals surface area contributed by atoms with Crippen LogP contribution in [0.25, 0.3) is 0 Å². The maximum atomic E-state index is 11.4. The van der Waals surface area contributed by atoms with Crippen LogP contribution in [0.3, 0.4) is 0 Å². The van der Waals surface area contributed by atoms with Crippen molar-refractivity contribution < 1.29 is 17.9 Å². The van der Waals surface area contributed by atoms with Crippen LogP contribution < -0.4 is 0 Å². The molecule has 0 spiro atoms. The number of rotatable bonds is 6. The van der Waals surface area contributed by atoms with Gasteiger partial charge in [-0.15, -0.1) is 0 Å². The third-order valence-corrected chi connectivity index (χ3v) is 4.72. The zero-order valence-electron chi connectivity index (χ0n) is 12.1. The summed E-state index contributed by atoms with van der Waals surface area (Å²) >= 11 is 0. The number of halogens is 1. The van der Waals surface area contributed by atoms with Gasteiger partial charge in [-0.05, 0) is 24.7 Å². The van der Waals surface area contributed by atoms with Crippen molar-refractivity contribution in [3.8, 4) is 0 Å². The molecule has 19 heavy (non-hydrogen) atoms. The van der Waals surface area contributed by atoms with Crippen molar-refractivity contribution in [3.63, 3.8) is 0 Å². The van der Waals surface area contributed by atoms with Gasteiger partial charge in [0, 0.05) is 35.9 Å². The Morgan fingerprint density at radius 1 is 1.26 bits per heavy atom. The van der Waals surface area contributed by atoms with Gasteiger partial charge in [-0.2, -0.15) is 0 Å². The van der Waals surface area contributed by atoms with E-state index in [2.05, 4.69) is 20.8 Å². The molecule has 1 heterocycles. The minimum absolute atomic E-state index is 0.0273. The Hall–Kier alpha value is 0.160. The average molecular weight is 313 g/mol. The highest BCUT2D eigenvalue weighted by atomic mass is 35.7. The molecule has 0 aromatic carbocycles. The highest BCUT2D eigenvalue weighted by Gasteiger charge is 2.37. The molecule has 0 radical (unpaired) electrons. The second-order valence-electron chi connectivity index (χ2n) is 6.66. The fraction of sp³-hybridized carbons (Fsp3) is 1.00. The van der Waals surface area contributed by atoms with Gasteiger partial charge in [0.1, 0.15) is 0 Å². The minimum Gasteiger partial charge on any atom is -0.381 e. The molecule has 6 heteroatoms. The van der Waals surface area contributed by atoms with E-state index in [0.717, 1.165) is 6.42 Å². The van der Waals surface area contributed by atoms with Crippen molar-refractivity contribution in [2.24, 2.45) is 10.8 Å². The van der Waals surface area contributed by atoms with Crippen molar-refractivity contribution in [1.82, 2.24) is 0 Å². The van der Waals surface area contributed by atoms with E-state index in [9.17, 15) is 8.42 Å². The first-order valence-corrected chi connectivity index (χ1v) is 9.18. The summed E-state index contributed by atoms with van der Waals surface area (Å²) in [5.41, 5.74) is -0.155. The van der Waals surface area contributed by atoms with Crippen molar-refractivity contribution in [2.75, 3.05) is 32.2 Å². The molecular formula is C13H25ClO4S. The van der Waals surface area contributed by atoms with Gasteiger partial charge in [-0.25, -0.2) is 8.42 Å². The summed E-state index contributed by atoms with van der Waals surface area (Å²) in [4.78, 5) is 0. The largest absolute Gasteiger partial charge is 0.381 e. The molecule has 0 atom stereocenters. The summed E-state index contributed by atoms with van der Waals surface area (Å²) in [5.74, 6) is -0.0273. The van der Waals surface area contributed by atoms with E-state index in [4.69, 9.17) is 20.2 Å². The molecule has 0 aromatic heterocycles. The van der Waals surface area contributed by atoms with Gasteiger partial charge < -0.3 is 9.47 Å². The van der Waals surface area contributed by atoms with Gasteiger partial charge in [-0.1, -0.05) is 20.8 Å². The molecule has 4 nitrogen and oxygen atoms in total. The van der Waals surface area contributed by atoms with Gasteiger partial charge in [-0.3, -0.25) is 0 Å². The number of ether oxygens (including phenoxy) is 2. The smallest absolute Gasteiger partial charge is 0.233 e. The SMILES string of the molecule is CC(C)(C)CCOCC1(CS(=O)(=O)Cl)CCOCC1. The second kappa shape index (κ2) is 6.74. The van der Waals surface area contributed by atoms with Crippen LogP contribution in [0, 0.1) is 10.8 Å². The molecule has 1 rings (SSSR count). The lowest BCUT2D eigenvalue weighted by Gasteiger charge is -2.36. The van der Waals surface area contributed by atoms with Crippen LogP contribution in [-0.2, 0) is 18.5 Å². The fourth-order valence-corrected chi connectivity index (χ4v) is 3.97. The highest BCUT2D eigenvalue weighted by Crippen LogP contribution is 2.33. The summed E-state index contributed by atoms with van der Waals surface area (Å²) in [6.07, 6.45) is 2.33. The maximum Gasteiger partial charge on any atom is 0.233 e. The van der Waals surface area contributed by atoms with Gasteiger partial charge in [0.05, 0.1) is 12.4 Å². The topological polar surface area (TPSA) is 52.6 Å². The van der Waals surface area contributed by atoms with Crippen LogP contribution in [0.5, 0.6) is 0 Å². The van der Waals surface area contributed by atoms with Gasteiger partial charge in [0.2, 0.25) is 9.05 Å². The molecule has 114 valence electrons. The molecule has 1 aliphatic heterocycles. The maximum absolute atomic E-state index is 11.4. The highest BCUT2D eigenvalue weighted by molar-refractivity contribution is 8.13. The molecule has 0 aromatic rings. The third-order valence-electron chi connectivity index (χ3n) is 3.44. The van der Waals surface area contributed by atoms with Gasteiger partial charge in [0.15, 0.2) is 0 Å². The normalized spacial score (nSPS) is 20.4. The first-order chi connectivity index (χ1) is 8.62. The zero-order chi connectivity index (χ0) is 14.6. The Labute approximate surface area is 121 Å². The fourth-order valence-electron chi connectivity index (χ4n) is 2.17. The quantitative estimate of drug-likeness (QED) is 0.559. The predicted octanol–water partition coefficient (Wildman–Crippen LogP) is 2.80. The van der Waals surface area contributed by atoms with Crippen molar-refractivity contribution in [1.29, 1.82) is 0 Å². The van der Waals surface area contributed by atoms with Crippen molar-refractivity contribution in [3.05, 3.63) is 0 Å². The molecule has 1 aliphatic rings. The molecule has 1 fully saturated rings. The van der Waals surface area contributed by atoms with E-state index in [1.54, 1.807) is 0 Å². The molecular weight excluding hydrogens is 288 g/mol. The summed E-state index contributed by atoms with van der Waals surface area (Å²) < 4.78 is 33.8. The van der Waals surface area contributed by atoms with Gasteiger partial charge in [0.25, 0.3) is 0 Å². The summed E-state index contributed by atoms with van der Waals surface area (Å²) in [7, 11) is 1.91. The third kappa shape index (κ3) is 7.49. The summed E-state index contributed by atoms with van der Waals surface area (Å²) in [6, 6.07) is 0. The van der Waals surface area contributed by atoms with Crippen LogP contribution in [0.2, 0.25) is 0 Å². The second-order valence-corrected chi connectivity index (χ2v) is 9.44. The van der Waals surface area contributed by atoms with E-state index < -0.39 is 9.05 Å². The molecule has 0 bridgehead atoms. The molecule has 0 N–H and O–H groups in total.